The number of aromatic nitrogens is 2. The number of amides is 1. The fourth-order valence-corrected chi connectivity index (χ4v) is 5.66. The molecule has 2 aliphatic rings. The molecule has 1 saturated heterocycles. The molecule has 1 spiro atoms. The highest BCUT2D eigenvalue weighted by molar-refractivity contribution is 5.92. The van der Waals surface area contributed by atoms with Crippen molar-refractivity contribution in [2.45, 2.75) is 52.0 Å². The summed E-state index contributed by atoms with van der Waals surface area (Å²) in [6.07, 6.45) is 8.37. The Bertz CT molecular complexity index is 1140. The molecule has 3 aromatic rings. The molecular formula is C29H36N4O3. The van der Waals surface area contributed by atoms with Crippen LogP contribution in [-0.2, 0) is 13.0 Å². The first-order valence-corrected chi connectivity index (χ1v) is 13.2. The normalized spacial score (nSPS) is 19.1. The molecule has 36 heavy (non-hydrogen) atoms. The quantitative estimate of drug-likeness (QED) is 0.522. The van der Waals surface area contributed by atoms with Gasteiger partial charge in [0.25, 0.3) is 5.91 Å². The number of nitrogens with zero attached hydrogens (tertiary/aromatic N) is 4. The number of carbonyl (C=O) groups is 1. The molecule has 0 bridgehead atoms. The molecule has 0 atom stereocenters. The van der Waals surface area contributed by atoms with E-state index in [0.29, 0.717) is 18.1 Å². The molecule has 1 aromatic carbocycles. The third-order valence-corrected chi connectivity index (χ3v) is 7.67. The summed E-state index contributed by atoms with van der Waals surface area (Å²) in [7, 11) is 0. The molecule has 1 fully saturated rings. The molecule has 0 N–H and O–H groups in total. The summed E-state index contributed by atoms with van der Waals surface area (Å²) < 4.78 is 11.4. The van der Waals surface area contributed by atoms with E-state index in [9.17, 15) is 4.79 Å². The van der Waals surface area contributed by atoms with Crippen LogP contribution in [0.25, 0.3) is 0 Å². The molecule has 7 heteroatoms. The minimum atomic E-state index is -0.0230. The number of ether oxygens (including phenoxy) is 1. The summed E-state index contributed by atoms with van der Waals surface area (Å²) in [4.78, 5) is 22.0. The molecule has 0 aliphatic carbocycles. The number of para-hydroxylation sites is 1. The Morgan fingerprint density at radius 1 is 1.03 bits per heavy atom. The number of hydrogen-bond acceptors (Lipinski definition) is 6. The van der Waals surface area contributed by atoms with E-state index >= 15 is 0 Å². The number of pyridine rings is 1. The van der Waals surface area contributed by atoms with Crippen LogP contribution in [0.1, 0.15) is 59.6 Å². The lowest BCUT2D eigenvalue weighted by molar-refractivity contribution is 0.0353. The summed E-state index contributed by atoms with van der Waals surface area (Å²) in [5.74, 6) is 1.66. The van der Waals surface area contributed by atoms with E-state index in [1.807, 2.05) is 24.1 Å². The molecule has 1 amide bonds. The van der Waals surface area contributed by atoms with Gasteiger partial charge >= 0.3 is 0 Å². The van der Waals surface area contributed by atoms with Crippen molar-refractivity contribution >= 4 is 5.91 Å². The largest absolute Gasteiger partial charge is 0.492 e. The van der Waals surface area contributed by atoms with Crippen molar-refractivity contribution in [1.82, 2.24) is 19.9 Å². The number of piperidine rings is 1. The molecular weight excluding hydrogens is 452 g/mol. The van der Waals surface area contributed by atoms with E-state index in [0.717, 1.165) is 69.9 Å². The summed E-state index contributed by atoms with van der Waals surface area (Å²) in [6, 6.07) is 16.3. The first-order valence-electron chi connectivity index (χ1n) is 13.2. The van der Waals surface area contributed by atoms with Gasteiger partial charge in [0.15, 0.2) is 5.69 Å². The van der Waals surface area contributed by atoms with Crippen LogP contribution in [0.2, 0.25) is 0 Å². The fourth-order valence-electron chi connectivity index (χ4n) is 5.66. The predicted octanol–water partition coefficient (Wildman–Crippen LogP) is 4.91. The van der Waals surface area contributed by atoms with Gasteiger partial charge in [-0.1, -0.05) is 35.8 Å². The van der Waals surface area contributed by atoms with Crippen molar-refractivity contribution in [3.8, 4) is 5.75 Å². The van der Waals surface area contributed by atoms with E-state index in [2.05, 4.69) is 51.4 Å². The number of fused-ring (bicyclic) bond motifs is 1. The van der Waals surface area contributed by atoms with Gasteiger partial charge in [0.05, 0.1) is 5.69 Å². The zero-order chi connectivity index (χ0) is 24.8. The lowest BCUT2D eigenvalue weighted by Gasteiger charge is -2.44. The zero-order valence-electron chi connectivity index (χ0n) is 21.2. The summed E-state index contributed by atoms with van der Waals surface area (Å²) >= 11 is 0. The highest BCUT2D eigenvalue weighted by Gasteiger charge is 2.38. The average molecular weight is 489 g/mol. The van der Waals surface area contributed by atoms with Crippen LogP contribution >= 0.6 is 0 Å². The number of rotatable bonds is 3. The molecule has 7 nitrogen and oxygen atoms in total. The van der Waals surface area contributed by atoms with E-state index in [1.165, 1.54) is 18.4 Å². The van der Waals surface area contributed by atoms with Crippen molar-refractivity contribution in [1.29, 1.82) is 0 Å². The molecule has 190 valence electrons. The van der Waals surface area contributed by atoms with Crippen molar-refractivity contribution in [2.75, 3.05) is 32.8 Å². The minimum absolute atomic E-state index is 0.0230. The number of aryl methyl sites for hydroxylation is 2. The first kappa shape index (κ1) is 24.5. The first-order chi connectivity index (χ1) is 17.6. The second kappa shape index (κ2) is 11.2. The van der Waals surface area contributed by atoms with Crippen LogP contribution < -0.4 is 4.74 Å². The number of benzene rings is 1. The van der Waals surface area contributed by atoms with Crippen molar-refractivity contribution in [3.05, 3.63) is 77.4 Å². The van der Waals surface area contributed by atoms with Crippen molar-refractivity contribution in [2.24, 2.45) is 5.41 Å². The maximum Gasteiger partial charge on any atom is 0.276 e. The summed E-state index contributed by atoms with van der Waals surface area (Å²) in [5, 5.41) is 3.95. The van der Waals surface area contributed by atoms with Crippen molar-refractivity contribution < 1.29 is 14.1 Å². The Hall–Kier alpha value is -3.19. The smallest absolute Gasteiger partial charge is 0.276 e. The van der Waals surface area contributed by atoms with Gasteiger partial charge in [-0.2, -0.15) is 0 Å². The maximum atomic E-state index is 13.0. The van der Waals surface area contributed by atoms with Gasteiger partial charge in [0, 0.05) is 45.0 Å². The lowest BCUT2D eigenvalue weighted by Crippen LogP contribution is -2.48. The SMILES string of the molecule is Cc1cc(C(=O)N2CCC3(CCCCc4ccccc4OCCN(Cc4ccccn4)C3)CC2)no1. The number of hydrogen-bond donors (Lipinski definition) is 0. The predicted molar refractivity (Wildman–Crippen MR) is 138 cm³/mol. The van der Waals surface area contributed by atoms with E-state index in [1.54, 1.807) is 6.07 Å². The van der Waals surface area contributed by atoms with Crippen LogP contribution in [0, 0.1) is 12.3 Å². The zero-order valence-corrected chi connectivity index (χ0v) is 21.2. The van der Waals surface area contributed by atoms with Gasteiger partial charge < -0.3 is 14.2 Å². The van der Waals surface area contributed by atoms with Crippen LogP contribution in [0.4, 0.5) is 0 Å². The molecule has 2 aliphatic heterocycles. The van der Waals surface area contributed by atoms with E-state index in [-0.39, 0.29) is 11.3 Å². The van der Waals surface area contributed by atoms with Gasteiger partial charge in [-0.3, -0.25) is 14.7 Å². The Kier molecular flexibility index (Phi) is 7.66. The van der Waals surface area contributed by atoms with Crippen molar-refractivity contribution in [3.63, 3.8) is 0 Å². The monoisotopic (exact) mass is 488 g/mol. The number of carbonyl (C=O) groups excluding carboxylic acids is 1. The van der Waals surface area contributed by atoms with E-state index in [4.69, 9.17) is 9.26 Å². The third-order valence-electron chi connectivity index (χ3n) is 7.67. The van der Waals surface area contributed by atoms with Gasteiger partial charge in [0.2, 0.25) is 0 Å². The van der Waals surface area contributed by atoms with Crippen LogP contribution in [0.15, 0.2) is 59.3 Å². The lowest BCUT2D eigenvalue weighted by atomic mass is 9.73. The molecule has 4 heterocycles. The molecule has 2 aromatic heterocycles. The third kappa shape index (κ3) is 5.95. The minimum Gasteiger partial charge on any atom is -0.492 e. The second-order valence-corrected chi connectivity index (χ2v) is 10.3. The standard InChI is InChI=1S/C29H36N4O3/c1-23-20-26(31-36-23)28(34)33-16-13-29(14-17-33)12-6-4-9-24-8-2-3-11-27(24)35-19-18-32(22-29)21-25-10-5-7-15-30-25/h2-3,5,7-8,10-11,15,20H,4,6,9,12-14,16-19,21-22H2,1H3. The Balaban J connectivity index is 1.32. The number of likely N-dealkylation sites (tertiary alicyclic amines) is 1. The van der Waals surface area contributed by atoms with Gasteiger partial charge in [-0.15, -0.1) is 0 Å². The van der Waals surface area contributed by atoms with Crippen LogP contribution in [0.3, 0.4) is 0 Å². The maximum absolute atomic E-state index is 13.0. The molecule has 0 radical (unpaired) electrons. The van der Waals surface area contributed by atoms with E-state index < -0.39 is 0 Å². The second-order valence-electron chi connectivity index (χ2n) is 10.3. The Labute approximate surface area is 213 Å². The van der Waals surface area contributed by atoms with Crippen LogP contribution in [-0.4, -0.2) is 58.6 Å². The Morgan fingerprint density at radius 2 is 1.86 bits per heavy atom. The fraction of sp³-hybridized carbons (Fsp3) is 0.483. The highest BCUT2D eigenvalue weighted by atomic mass is 16.5. The van der Waals surface area contributed by atoms with Gasteiger partial charge in [0.1, 0.15) is 18.1 Å². The summed E-state index contributed by atoms with van der Waals surface area (Å²) in [5.41, 5.74) is 2.96. The van der Waals surface area contributed by atoms with Gasteiger partial charge in [-0.05, 0) is 68.2 Å². The van der Waals surface area contributed by atoms with Crippen LogP contribution in [0.5, 0.6) is 5.75 Å². The molecule has 0 unspecified atom stereocenters. The Morgan fingerprint density at radius 3 is 2.64 bits per heavy atom. The topological polar surface area (TPSA) is 71.7 Å². The van der Waals surface area contributed by atoms with Gasteiger partial charge in [-0.25, -0.2) is 0 Å². The molecule has 0 saturated carbocycles. The average Bonchev–Trinajstić information content (AvgIpc) is 3.33. The molecule has 5 rings (SSSR count). The summed E-state index contributed by atoms with van der Waals surface area (Å²) in [6.45, 7) is 6.60. The highest BCUT2D eigenvalue weighted by Crippen LogP contribution is 2.39.